The van der Waals surface area contributed by atoms with Gasteiger partial charge in [0.15, 0.2) is 0 Å². The Kier molecular flexibility index (Phi) is 4.82. The fourth-order valence-corrected chi connectivity index (χ4v) is 4.48. The SMILES string of the molecule is Cc1ccc(OC2=CCCCC2)cc1C(=O)NC1(c2cccc3ccccc23)CC1. The molecule has 0 saturated heterocycles. The summed E-state index contributed by atoms with van der Waals surface area (Å²) in [6.45, 7) is 1.98. The minimum atomic E-state index is -0.271. The standard InChI is InChI=1S/C27H27NO2/c1-19-14-15-22(30-21-10-3-2-4-11-21)18-24(19)26(29)28-27(16-17-27)25-13-7-9-20-8-5-6-12-23(20)25/h5-10,12-15,18H,2-4,11,16-17H2,1H3,(H,28,29). The van der Waals surface area contributed by atoms with Crippen LogP contribution in [0.3, 0.4) is 0 Å². The van der Waals surface area contributed by atoms with Crippen LogP contribution in [0.1, 0.15) is 60.0 Å². The zero-order chi connectivity index (χ0) is 20.6. The Hall–Kier alpha value is -3.07. The summed E-state index contributed by atoms with van der Waals surface area (Å²) in [5.74, 6) is 1.74. The molecule has 3 heteroatoms. The summed E-state index contributed by atoms with van der Waals surface area (Å²) in [5, 5.41) is 5.78. The number of amides is 1. The Morgan fingerprint density at radius 2 is 1.83 bits per heavy atom. The van der Waals surface area contributed by atoms with E-state index >= 15 is 0 Å². The van der Waals surface area contributed by atoms with E-state index in [1.54, 1.807) is 0 Å². The van der Waals surface area contributed by atoms with E-state index in [2.05, 4.69) is 53.9 Å². The first kappa shape index (κ1) is 18.9. The monoisotopic (exact) mass is 397 g/mol. The molecule has 2 aliphatic rings. The minimum Gasteiger partial charge on any atom is -0.462 e. The first-order valence-corrected chi connectivity index (χ1v) is 10.9. The third-order valence-electron chi connectivity index (χ3n) is 6.36. The number of ether oxygens (including phenoxy) is 1. The molecule has 3 aromatic rings. The number of nitrogens with one attached hydrogen (secondary N) is 1. The second-order valence-corrected chi connectivity index (χ2v) is 8.56. The maximum absolute atomic E-state index is 13.3. The van der Waals surface area contributed by atoms with E-state index < -0.39 is 0 Å². The smallest absolute Gasteiger partial charge is 0.252 e. The molecule has 1 saturated carbocycles. The van der Waals surface area contributed by atoms with Gasteiger partial charge in [0.05, 0.1) is 5.54 Å². The summed E-state index contributed by atoms with van der Waals surface area (Å²) in [5.41, 5.74) is 2.60. The van der Waals surface area contributed by atoms with Gasteiger partial charge in [0, 0.05) is 12.0 Å². The van der Waals surface area contributed by atoms with E-state index in [9.17, 15) is 4.79 Å². The highest BCUT2D eigenvalue weighted by molar-refractivity contribution is 5.97. The van der Waals surface area contributed by atoms with Crippen LogP contribution in [0.4, 0.5) is 0 Å². The molecule has 0 atom stereocenters. The third kappa shape index (κ3) is 3.60. The average Bonchev–Trinajstić information content (AvgIpc) is 3.55. The quantitative estimate of drug-likeness (QED) is 0.541. The maximum atomic E-state index is 13.3. The lowest BCUT2D eigenvalue weighted by molar-refractivity contribution is 0.0930. The average molecular weight is 398 g/mol. The molecule has 0 unspecified atom stereocenters. The maximum Gasteiger partial charge on any atom is 0.252 e. The lowest BCUT2D eigenvalue weighted by Gasteiger charge is -2.21. The van der Waals surface area contributed by atoms with Crippen LogP contribution in [0.5, 0.6) is 5.75 Å². The fraction of sp³-hybridized carbons (Fsp3) is 0.296. The van der Waals surface area contributed by atoms with Crippen molar-refractivity contribution in [3.8, 4) is 5.75 Å². The van der Waals surface area contributed by atoms with Crippen molar-refractivity contribution in [3.05, 3.63) is 89.2 Å². The molecule has 1 fully saturated rings. The number of carbonyl (C=O) groups excluding carboxylic acids is 1. The summed E-state index contributed by atoms with van der Waals surface area (Å²) < 4.78 is 6.07. The first-order valence-electron chi connectivity index (χ1n) is 10.9. The van der Waals surface area contributed by atoms with Crippen LogP contribution in [0.15, 0.2) is 72.5 Å². The number of carbonyl (C=O) groups is 1. The van der Waals surface area contributed by atoms with E-state index in [0.717, 1.165) is 42.8 Å². The lowest BCUT2D eigenvalue weighted by Crippen LogP contribution is -2.35. The molecule has 5 rings (SSSR count). The Balaban J connectivity index is 1.41. The molecule has 2 aliphatic carbocycles. The summed E-state index contributed by atoms with van der Waals surface area (Å²) in [6, 6.07) is 20.6. The van der Waals surface area contributed by atoms with Crippen LogP contribution >= 0.6 is 0 Å². The van der Waals surface area contributed by atoms with Crippen molar-refractivity contribution in [2.45, 2.75) is 51.0 Å². The van der Waals surface area contributed by atoms with Crippen molar-refractivity contribution < 1.29 is 9.53 Å². The highest BCUT2D eigenvalue weighted by atomic mass is 16.5. The van der Waals surface area contributed by atoms with Gasteiger partial charge in [-0.25, -0.2) is 0 Å². The number of benzene rings is 3. The van der Waals surface area contributed by atoms with Gasteiger partial charge < -0.3 is 10.1 Å². The second kappa shape index (κ2) is 7.64. The molecular formula is C27H27NO2. The van der Waals surface area contributed by atoms with Crippen LogP contribution < -0.4 is 10.1 Å². The van der Waals surface area contributed by atoms with Gasteiger partial charge in [0.2, 0.25) is 0 Å². The van der Waals surface area contributed by atoms with Crippen LogP contribution in [0.2, 0.25) is 0 Å². The number of hydrogen-bond acceptors (Lipinski definition) is 2. The van der Waals surface area contributed by atoms with Gasteiger partial charge in [0.25, 0.3) is 5.91 Å². The van der Waals surface area contributed by atoms with E-state index in [1.165, 1.54) is 29.2 Å². The molecule has 1 N–H and O–H groups in total. The summed E-state index contributed by atoms with van der Waals surface area (Å²) in [7, 11) is 0. The summed E-state index contributed by atoms with van der Waals surface area (Å²) >= 11 is 0. The predicted molar refractivity (Wildman–Crippen MR) is 121 cm³/mol. The molecule has 0 bridgehead atoms. The van der Waals surface area contributed by atoms with E-state index in [4.69, 9.17) is 4.74 Å². The largest absolute Gasteiger partial charge is 0.462 e. The molecule has 0 aromatic heterocycles. The van der Waals surface area contributed by atoms with Gasteiger partial charge in [0.1, 0.15) is 11.5 Å². The summed E-state index contributed by atoms with van der Waals surface area (Å²) in [4.78, 5) is 13.3. The number of hydrogen-bond donors (Lipinski definition) is 1. The van der Waals surface area contributed by atoms with Gasteiger partial charge in [-0.05, 0) is 79.1 Å². The molecule has 152 valence electrons. The summed E-state index contributed by atoms with van der Waals surface area (Å²) in [6.07, 6.45) is 8.54. The Morgan fingerprint density at radius 3 is 2.63 bits per heavy atom. The van der Waals surface area contributed by atoms with Crippen LogP contribution in [-0.2, 0) is 5.54 Å². The van der Waals surface area contributed by atoms with Crippen molar-refractivity contribution in [2.75, 3.05) is 0 Å². The van der Waals surface area contributed by atoms with Crippen molar-refractivity contribution in [1.29, 1.82) is 0 Å². The lowest BCUT2D eigenvalue weighted by atomic mass is 9.96. The fourth-order valence-electron chi connectivity index (χ4n) is 4.48. The third-order valence-corrected chi connectivity index (χ3v) is 6.36. The van der Waals surface area contributed by atoms with Crippen molar-refractivity contribution in [2.24, 2.45) is 0 Å². The molecule has 0 heterocycles. The Labute approximate surface area is 177 Å². The van der Waals surface area contributed by atoms with Crippen molar-refractivity contribution in [1.82, 2.24) is 5.32 Å². The molecule has 0 aliphatic heterocycles. The van der Waals surface area contributed by atoms with Crippen LogP contribution in [0, 0.1) is 6.92 Å². The zero-order valence-electron chi connectivity index (χ0n) is 17.4. The molecule has 30 heavy (non-hydrogen) atoms. The topological polar surface area (TPSA) is 38.3 Å². The number of aryl methyl sites for hydroxylation is 1. The number of rotatable bonds is 5. The van der Waals surface area contributed by atoms with Crippen LogP contribution in [-0.4, -0.2) is 5.91 Å². The molecular weight excluding hydrogens is 370 g/mol. The van der Waals surface area contributed by atoms with Crippen molar-refractivity contribution >= 4 is 16.7 Å². The molecule has 0 radical (unpaired) electrons. The van der Waals surface area contributed by atoms with Crippen LogP contribution in [0.25, 0.3) is 10.8 Å². The second-order valence-electron chi connectivity index (χ2n) is 8.56. The first-order chi connectivity index (χ1) is 14.6. The Bertz CT molecular complexity index is 1140. The van der Waals surface area contributed by atoms with E-state index in [-0.39, 0.29) is 11.4 Å². The minimum absolute atomic E-state index is 0.0268. The zero-order valence-corrected chi connectivity index (χ0v) is 17.4. The normalized spacial score (nSPS) is 17.3. The predicted octanol–water partition coefficient (Wildman–Crippen LogP) is 6.40. The Morgan fingerprint density at radius 1 is 1.00 bits per heavy atom. The molecule has 3 nitrogen and oxygen atoms in total. The van der Waals surface area contributed by atoms with E-state index in [1.807, 2.05) is 25.1 Å². The van der Waals surface area contributed by atoms with E-state index in [0.29, 0.717) is 5.56 Å². The highest BCUT2D eigenvalue weighted by Gasteiger charge is 2.46. The highest BCUT2D eigenvalue weighted by Crippen LogP contribution is 2.48. The molecule has 1 amide bonds. The van der Waals surface area contributed by atoms with Gasteiger partial charge in [-0.15, -0.1) is 0 Å². The van der Waals surface area contributed by atoms with Gasteiger partial charge in [-0.1, -0.05) is 48.5 Å². The van der Waals surface area contributed by atoms with Gasteiger partial charge in [-0.2, -0.15) is 0 Å². The van der Waals surface area contributed by atoms with Gasteiger partial charge in [-0.3, -0.25) is 4.79 Å². The van der Waals surface area contributed by atoms with Crippen molar-refractivity contribution in [3.63, 3.8) is 0 Å². The number of fused-ring (bicyclic) bond motifs is 1. The van der Waals surface area contributed by atoms with Gasteiger partial charge >= 0.3 is 0 Å². The molecule has 3 aromatic carbocycles. The number of allylic oxidation sites excluding steroid dienone is 2. The molecule has 0 spiro atoms.